The van der Waals surface area contributed by atoms with E-state index in [9.17, 15) is 0 Å². The second-order valence-corrected chi connectivity index (χ2v) is 23.7. The average Bonchev–Trinajstić information content (AvgIpc) is 3.23. The zero-order chi connectivity index (χ0) is 32.4. The van der Waals surface area contributed by atoms with Crippen molar-refractivity contribution < 1.29 is 0 Å². The van der Waals surface area contributed by atoms with Crippen molar-refractivity contribution in [3.63, 3.8) is 0 Å². The van der Waals surface area contributed by atoms with Gasteiger partial charge >= 0.3 is 279 Å². The fourth-order valence-corrected chi connectivity index (χ4v) is 17.2. The minimum atomic E-state index is -2.50. The molecule has 3 heteroatoms. The van der Waals surface area contributed by atoms with Crippen LogP contribution in [0.4, 0.5) is 0 Å². The molecule has 0 N–H and O–H groups in total. The van der Waals surface area contributed by atoms with Crippen LogP contribution in [0.15, 0.2) is 72.8 Å². The van der Waals surface area contributed by atoms with Gasteiger partial charge < -0.3 is 0 Å². The predicted molar refractivity (Wildman–Crippen MR) is 201 cm³/mol. The molecule has 0 unspecified atom stereocenters. The van der Waals surface area contributed by atoms with Crippen molar-refractivity contribution in [1.29, 1.82) is 0 Å². The summed E-state index contributed by atoms with van der Waals surface area (Å²) in [6.07, 6.45) is 0. The summed E-state index contributed by atoms with van der Waals surface area (Å²) < 4.78 is 4.11. The van der Waals surface area contributed by atoms with E-state index in [0.29, 0.717) is 0 Å². The van der Waals surface area contributed by atoms with Crippen molar-refractivity contribution in [3.8, 4) is 11.1 Å². The number of hydrogen-bond acceptors (Lipinski definition) is 0. The van der Waals surface area contributed by atoms with Crippen LogP contribution in [0.3, 0.4) is 0 Å². The van der Waals surface area contributed by atoms with Crippen LogP contribution in [0, 0.1) is 20.8 Å². The molecule has 0 spiro atoms. The quantitative estimate of drug-likeness (QED) is 0.132. The van der Waals surface area contributed by atoms with E-state index in [1.54, 1.807) is 0 Å². The van der Waals surface area contributed by atoms with Gasteiger partial charge in [0.25, 0.3) is 0 Å². The molecule has 1 aliphatic rings. The molecule has 0 aliphatic heterocycles. The van der Waals surface area contributed by atoms with E-state index in [1.807, 2.05) is 0 Å². The third-order valence-electron chi connectivity index (χ3n) is 8.87. The van der Waals surface area contributed by atoms with E-state index in [4.69, 9.17) is 11.6 Å². The van der Waals surface area contributed by atoms with E-state index in [1.165, 1.54) is 69.7 Å². The number of rotatable bonds is 3. The molecule has 0 aromatic heterocycles. The summed E-state index contributed by atoms with van der Waals surface area (Å²) in [6.45, 7) is 28.0. The second-order valence-electron chi connectivity index (χ2n) is 15.7. The van der Waals surface area contributed by atoms with Crippen molar-refractivity contribution in [2.24, 2.45) is 0 Å². The molecule has 228 valence electrons. The SMILES string of the molecule is Cc1cc(C)[c]([Ge]([C](Cl)=Pc2c(C(C)(C)C)cc(C(C)(C)C)cc2C(C)(C)C)=[C]2c3ccccc3-c3ccccc32)c(C)c1. The van der Waals surface area contributed by atoms with Gasteiger partial charge in [-0.15, -0.1) is 0 Å². The Labute approximate surface area is 277 Å². The van der Waals surface area contributed by atoms with Gasteiger partial charge in [-0.1, -0.05) is 0 Å². The van der Waals surface area contributed by atoms with E-state index in [2.05, 4.69) is 156 Å². The third kappa shape index (κ3) is 6.25. The molecular formula is C41H48ClGeP. The summed E-state index contributed by atoms with van der Waals surface area (Å²) in [5.74, 6) is 0. The fraction of sp³-hybridized carbons (Fsp3) is 0.366. The molecule has 0 fully saturated rings. The van der Waals surface area contributed by atoms with Gasteiger partial charge in [0, 0.05) is 0 Å². The molecule has 0 heterocycles. The fourth-order valence-electron chi connectivity index (χ4n) is 6.68. The van der Waals surface area contributed by atoms with Crippen LogP contribution in [0.5, 0.6) is 0 Å². The van der Waals surface area contributed by atoms with Crippen molar-refractivity contribution in [3.05, 3.63) is 117 Å². The Morgan fingerprint density at radius 2 is 1.00 bits per heavy atom. The predicted octanol–water partition coefficient (Wildman–Crippen LogP) is 10.2. The summed E-state index contributed by atoms with van der Waals surface area (Å²) in [7, 11) is 1.15. The summed E-state index contributed by atoms with van der Waals surface area (Å²) >= 11 is 5.45. The Kier molecular flexibility index (Phi) is 8.91. The van der Waals surface area contributed by atoms with Crippen molar-refractivity contribution >= 4 is 51.3 Å². The number of fused-ring (bicyclic) bond motifs is 3. The number of benzene rings is 4. The van der Waals surface area contributed by atoms with Crippen molar-refractivity contribution in [2.45, 2.75) is 99.3 Å². The summed E-state index contributed by atoms with van der Waals surface area (Å²) in [5, 5.41) is 1.40. The molecule has 0 radical (unpaired) electrons. The molecule has 4 aromatic rings. The van der Waals surface area contributed by atoms with E-state index in [-0.39, 0.29) is 16.2 Å². The van der Waals surface area contributed by atoms with Crippen LogP contribution in [-0.2, 0) is 16.2 Å². The number of aryl methyl sites for hydroxylation is 3. The second kappa shape index (κ2) is 11.8. The van der Waals surface area contributed by atoms with Gasteiger partial charge in [-0.2, -0.15) is 0 Å². The molecule has 0 atom stereocenters. The first kappa shape index (κ1) is 33.1. The number of hydrogen-bond donors (Lipinski definition) is 0. The van der Waals surface area contributed by atoms with Crippen LogP contribution in [-0.4, -0.2) is 21.8 Å². The van der Waals surface area contributed by atoms with E-state index >= 15 is 0 Å². The Bertz CT molecular complexity index is 1730. The molecule has 0 nitrogen and oxygen atoms in total. The van der Waals surface area contributed by atoms with Gasteiger partial charge in [0.05, 0.1) is 0 Å². The third-order valence-corrected chi connectivity index (χ3v) is 18.6. The molecule has 44 heavy (non-hydrogen) atoms. The first-order valence-corrected chi connectivity index (χ1v) is 20.3. The first-order valence-electron chi connectivity index (χ1n) is 15.9. The maximum absolute atomic E-state index is 7.94. The standard InChI is InChI=1S/C41H48ClGeP/c1-25-21-26(2)35(27(3)22-25)43(36-31-19-15-13-17-29(31)30-18-14-16-20-32(30)36)38(42)44-37-33(40(7,8)9)23-28(39(4,5)6)24-34(37)41(10,11)12/h13-24H,1-12H3. The van der Waals surface area contributed by atoms with Crippen LogP contribution < -0.4 is 9.70 Å². The molecule has 5 rings (SSSR count). The van der Waals surface area contributed by atoms with E-state index in [0.717, 1.165) is 11.8 Å². The van der Waals surface area contributed by atoms with Gasteiger partial charge in [-0.05, 0) is 0 Å². The summed E-state index contributed by atoms with van der Waals surface area (Å²) in [4.78, 5) is 0. The monoisotopic (exact) mass is 680 g/mol. The van der Waals surface area contributed by atoms with Gasteiger partial charge in [0.2, 0.25) is 0 Å². The van der Waals surface area contributed by atoms with Gasteiger partial charge in [0.15, 0.2) is 0 Å². The maximum atomic E-state index is 7.94. The average molecular weight is 680 g/mol. The first-order chi connectivity index (χ1) is 20.4. The Hall–Kier alpha value is -2.25. The zero-order valence-corrected chi connectivity index (χ0v) is 32.5. The zero-order valence-electron chi connectivity index (χ0n) is 28.8. The van der Waals surface area contributed by atoms with Crippen LogP contribution in [0.25, 0.3) is 11.1 Å². The number of halogens is 1. The Morgan fingerprint density at radius 1 is 0.591 bits per heavy atom. The summed E-state index contributed by atoms with van der Waals surface area (Å²) in [6, 6.07) is 27.7. The van der Waals surface area contributed by atoms with Crippen molar-refractivity contribution in [1.82, 2.24) is 0 Å². The van der Waals surface area contributed by atoms with E-state index < -0.39 is 13.9 Å². The van der Waals surface area contributed by atoms with Gasteiger partial charge in [-0.25, -0.2) is 0 Å². The van der Waals surface area contributed by atoms with Crippen LogP contribution >= 0.6 is 19.8 Å². The molecule has 0 bridgehead atoms. The molecule has 0 amide bonds. The summed E-state index contributed by atoms with van der Waals surface area (Å²) in [5.41, 5.74) is 13.7. The van der Waals surface area contributed by atoms with Crippen LogP contribution in [0.2, 0.25) is 0 Å². The van der Waals surface area contributed by atoms with Gasteiger partial charge in [0.1, 0.15) is 0 Å². The normalized spacial score (nSPS) is 13.7. The van der Waals surface area contributed by atoms with Gasteiger partial charge in [-0.3, -0.25) is 0 Å². The Morgan fingerprint density at radius 3 is 1.39 bits per heavy atom. The molecule has 1 aliphatic carbocycles. The van der Waals surface area contributed by atoms with Crippen LogP contribution in [0.1, 0.15) is 107 Å². The molecular weight excluding hydrogens is 631 g/mol. The topological polar surface area (TPSA) is 0 Å². The Balaban J connectivity index is 1.95. The molecule has 0 saturated heterocycles. The van der Waals surface area contributed by atoms with Crippen molar-refractivity contribution in [2.75, 3.05) is 0 Å². The molecule has 0 saturated carbocycles. The molecule has 4 aromatic carbocycles. The minimum absolute atomic E-state index is 0.0175.